The third-order valence-corrected chi connectivity index (χ3v) is 3.64. The summed E-state index contributed by atoms with van der Waals surface area (Å²) in [6, 6.07) is 7.66. The lowest BCUT2D eigenvalue weighted by Crippen LogP contribution is -2.34. The molecule has 0 aromatic heterocycles. The van der Waals surface area contributed by atoms with Gasteiger partial charge in [-0.3, -0.25) is 4.79 Å². The Bertz CT molecular complexity index is 370. The summed E-state index contributed by atoms with van der Waals surface area (Å²) < 4.78 is 0.992. The minimum Gasteiger partial charge on any atom is -0.337 e. The third kappa shape index (κ3) is 4.47. The third-order valence-electron chi connectivity index (χ3n) is 2.53. The lowest BCUT2D eigenvalue weighted by Gasteiger charge is -2.22. The number of nitrogens with zero attached hydrogens (tertiary/aromatic N) is 1. The molecule has 0 heterocycles. The molecule has 0 bridgehead atoms. The predicted molar refractivity (Wildman–Crippen MR) is 80.7 cm³/mol. The van der Waals surface area contributed by atoms with Gasteiger partial charge < -0.3 is 4.90 Å². The normalized spacial score (nSPS) is 10.3. The first-order valence-electron chi connectivity index (χ1n) is 5.80. The van der Waals surface area contributed by atoms with Crippen LogP contribution in [0.5, 0.6) is 0 Å². The average molecular weight is 366 g/mol. The molecule has 0 N–H and O–H groups in total. The summed E-state index contributed by atoms with van der Waals surface area (Å²) in [5.74, 6) is 0.572. The monoisotopic (exact) mass is 365 g/mol. The van der Waals surface area contributed by atoms with Crippen LogP contribution in [0.15, 0.2) is 24.3 Å². The van der Waals surface area contributed by atoms with Gasteiger partial charge in [0, 0.05) is 22.5 Å². The molecule has 94 valence electrons. The fourth-order valence-corrected chi connectivity index (χ4v) is 2.39. The van der Waals surface area contributed by atoms with Gasteiger partial charge in [0.15, 0.2) is 0 Å². The molecule has 0 saturated carbocycles. The summed E-state index contributed by atoms with van der Waals surface area (Å²) >= 11 is 7.95. The minimum absolute atomic E-state index is 0.0871. The molecule has 0 aliphatic carbocycles. The van der Waals surface area contributed by atoms with E-state index >= 15 is 0 Å². The Morgan fingerprint density at radius 3 is 2.65 bits per heavy atom. The second kappa shape index (κ2) is 7.93. The minimum atomic E-state index is 0.0871. The molecule has 1 rings (SSSR count). The van der Waals surface area contributed by atoms with Crippen LogP contribution in [0.25, 0.3) is 0 Å². The van der Waals surface area contributed by atoms with Gasteiger partial charge in [0.2, 0.25) is 0 Å². The topological polar surface area (TPSA) is 20.3 Å². The Morgan fingerprint density at radius 1 is 1.35 bits per heavy atom. The number of hydrogen-bond acceptors (Lipinski definition) is 1. The van der Waals surface area contributed by atoms with Gasteiger partial charge in [-0.2, -0.15) is 0 Å². The molecule has 0 aliphatic heterocycles. The van der Waals surface area contributed by atoms with Crippen LogP contribution in [0.1, 0.15) is 30.1 Å². The number of unbranched alkanes of at least 4 members (excludes halogenated alkanes) is 1. The Kier molecular flexibility index (Phi) is 6.89. The standard InChI is InChI=1S/C13H17ClINO/c1-2-3-9-16(10-8-14)13(17)11-6-4-5-7-12(11)15/h4-7H,2-3,8-10H2,1H3. The van der Waals surface area contributed by atoms with Crippen molar-refractivity contribution in [2.75, 3.05) is 19.0 Å². The van der Waals surface area contributed by atoms with Crippen molar-refractivity contribution in [2.24, 2.45) is 0 Å². The van der Waals surface area contributed by atoms with Gasteiger partial charge in [0.1, 0.15) is 0 Å². The average Bonchev–Trinajstić information content (AvgIpc) is 2.34. The quantitative estimate of drug-likeness (QED) is 0.555. The Morgan fingerprint density at radius 2 is 2.06 bits per heavy atom. The molecule has 0 aliphatic rings. The molecule has 0 spiro atoms. The zero-order valence-corrected chi connectivity index (χ0v) is 12.9. The van der Waals surface area contributed by atoms with Gasteiger partial charge in [-0.1, -0.05) is 25.5 Å². The van der Waals surface area contributed by atoms with Crippen molar-refractivity contribution in [1.82, 2.24) is 4.90 Å². The van der Waals surface area contributed by atoms with E-state index in [1.165, 1.54) is 0 Å². The zero-order valence-electron chi connectivity index (χ0n) is 9.96. The summed E-state index contributed by atoms with van der Waals surface area (Å²) in [7, 11) is 0. The molecule has 0 fully saturated rings. The van der Waals surface area contributed by atoms with Crippen molar-refractivity contribution in [3.63, 3.8) is 0 Å². The molecule has 1 aromatic rings. The smallest absolute Gasteiger partial charge is 0.254 e. The number of benzene rings is 1. The van der Waals surface area contributed by atoms with Gasteiger partial charge >= 0.3 is 0 Å². The SMILES string of the molecule is CCCCN(CCCl)C(=O)c1ccccc1I. The molecule has 0 radical (unpaired) electrons. The van der Waals surface area contributed by atoms with E-state index in [4.69, 9.17) is 11.6 Å². The van der Waals surface area contributed by atoms with Gasteiger partial charge in [-0.15, -0.1) is 11.6 Å². The van der Waals surface area contributed by atoms with Crippen LogP contribution in [0.2, 0.25) is 0 Å². The highest BCUT2D eigenvalue weighted by molar-refractivity contribution is 14.1. The highest BCUT2D eigenvalue weighted by Gasteiger charge is 2.16. The van der Waals surface area contributed by atoms with Crippen molar-refractivity contribution < 1.29 is 4.79 Å². The van der Waals surface area contributed by atoms with E-state index in [1.54, 1.807) is 0 Å². The molecule has 0 saturated heterocycles. The number of halogens is 2. The van der Waals surface area contributed by atoms with Gasteiger partial charge in [0.25, 0.3) is 5.91 Å². The fourth-order valence-electron chi connectivity index (χ4n) is 1.57. The summed E-state index contributed by atoms with van der Waals surface area (Å²) in [5, 5.41) is 0. The van der Waals surface area contributed by atoms with Gasteiger partial charge in [-0.25, -0.2) is 0 Å². The van der Waals surface area contributed by atoms with Crippen molar-refractivity contribution in [1.29, 1.82) is 0 Å². The van der Waals surface area contributed by atoms with E-state index in [-0.39, 0.29) is 5.91 Å². The first-order valence-corrected chi connectivity index (χ1v) is 7.41. The van der Waals surface area contributed by atoms with E-state index in [0.29, 0.717) is 12.4 Å². The number of hydrogen-bond donors (Lipinski definition) is 0. The van der Waals surface area contributed by atoms with Crippen molar-refractivity contribution in [3.05, 3.63) is 33.4 Å². The molecule has 1 aromatic carbocycles. The molecule has 4 heteroatoms. The maximum atomic E-state index is 12.3. The number of rotatable bonds is 6. The summed E-state index contributed by atoms with van der Waals surface area (Å²) in [5.41, 5.74) is 0.773. The van der Waals surface area contributed by atoms with Crippen LogP contribution in [0.3, 0.4) is 0 Å². The fraction of sp³-hybridized carbons (Fsp3) is 0.462. The molecule has 0 atom stereocenters. The van der Waals surface area contributed by atoms with Crippen LogP contribution < -0.4 is 0 Å². The maximum Gasteiger partial charge on any atom is 0.254 e. The number of alkyl halides is 1. The highest BCUT2D eigenvalue weighted by atomic mass is 127. The Labute approximate surface area is 121 Å². The second-order valence-corrected chi connectivity index (χ2v) is 5.35. The maximum absolute atomic E-state index is 12.3. The van der Waals surface area contributed by atoms with E-state index in [0.717, 1.165) is 28.5 Å². The number of carbonyl (C=O) groups is 1. The van der Waals surface area contributed by atoms with Crippen molar-refractivity contribution in [3.8, 4) is 0 Å². The molecular formula is C13H17ClINO. The zero-order chi connectivity index (χ0) is 12.7. The van der Waals surface area contributed by atoms with E-state index in [9.17, 15) is 4.79 Å². The highest BCUT2D eigenvalue weighted by Crippen LogP contribution is 2.14. The lowest BCUT2D eigenvalue weighted by atomic mass is 10.2. The van der Waals surface area contributed by atoms with E-state index in [2.05, 4.69) is 29.5 Å². The van der Waals surface area contributed by atoms with Gasteiger partial charge in [-0.05, 0) is 41.1 Å². The van der Waals surface area contributed by atoms with Crippen LogP contribution in [0, 0.1) is 3.57 Å². The van der Waals surface area contributed by atoms with E-state index < -0.39 is 0 Å². The summed E-state index contributed by atoms with van der Waals surface area (Å²) in [6.45, 7) is 3.52. The Balaban J connectivity index is 2.80. The predicted octanol–water partition coefficient (Wildman–Crippen LogP) is 3.77. The van der Waals surface area contributed by atoms with E-state index in [1.807, 2.05) is 29.2 Å². The van der Waals surface area contributed by atoms with Crippen molar-refractivity contribution in [2.45, 2.75) is 19.8 Å². The molecule has 0 unspecified atom stereocenters. The molecule has 1 amide bonds. The lowest BCUT2D eigenvalue weighted by molar-refractivity contribution is 0.0762. The molecular weight excluding hydrogens is 349 g/mol. The summed E-state index contributed by atoms with van der Waals surface area (Å²) in [6.07, 6.45) is 2.10. The van der Waals surface area contributed by atoms with Crippen molar-refractivity contribution >= 4 is 40.1 Å². The largest absolute Gasteiger partial charge is 0.337 e. The summed E-state index contributed by atoms with van der Waals surface area (Å²) in [4.78, 5) is 14.2. The van der Waals surface area contributed by atoms with Crippen LogP contribution in [-0.2, 0) is 0 Å². The number of amides is 1. The van der Waals surface area contributed by atoms with Crippen LogP contribution in [-0.4, -0.2) is 29.8 Å². The van der Waals surface area contributed by atoms with Gasteiger partial charge in [0.05, 0.1) is 5.56 Å². The molecule has 17 heavy (non-hydrogen) atoms. The first kappa shape index (κ1) is 14.8. The first-order chi connectivity index (χ1) is 8.20. The van der Waals surface area contributed by atoms with Crippen LogP contribution >= 0.6 is 34.2 Å². The molecule has 2 nitrogen and oxygen atoms in total. The second-order valence-electron chi connectivity index (χ2n) is 3.81. The van der Waals surface area contributed by atoms with Crippen LogP contribution in [0.4, 0.5) is 0 Å². The Hall–Kier alpha value is -0.290. The number of carbonyl (C=O) groups excluding carboxylic acids is 1.